The SMILES string of the molecule is CC(C)CC(=O)N(CCc1ccc(Cl)cc1Cl)Cc1ccccc1Cl. The van der Waals surface area contributed by atoms with Gasteiger partial charge < -0.3 is 4.90 Å². The van der Waals surface area contributed by atoms with Crippen molar-refractivity contribution in [2.24, 2.45) is 5.92 Å². The molecule has 0 radical (unpaired) electrons. The maximum Gasteiger partial charge on any atom is 0.223 e. The maximum absolute atomic E-state index is 12.7. The molecular weight excluding hydrogens is 377 g/mol. The summed E-state index contributed by atoms with van der Waals surface area (Å²) in [6.07, 6.45) is 1.18. The van der Waals surface area contributed by atoms with Crippen LogP contribution >= 0.6 is 34.8 Å². The number of carbonyl (C=O) groups excluding carboxylic acids is 1. The van der Waals surface area contributed by atoms with Crippen LogP contribution in [0, 0.1) is 5.92 Å². The molecule has 134 valence electrons. The van der Waals surface area contributed by atoms with Crippen LogP contribution in [0.4, 0.5) is 0 Å². The second-order valence-electron chi connectivity index (χ2n) is 6.49. The first-order chi connectivity index (χ1) is 11.9. The summed E-state index contributed by atoms with van der Waals surface area (Å²) in [7, 11) is 0. The third-order valence-corrected chi connectivity index (χ3v) is 4.88. The van der Waals surface area contributed by atoms with E-state index in [4.69, 9.17) is 34.8 Å². The minimum absolute atomic E-state index is 0.125. The summed E-state index contributed by atoms with van der Waals surface area (Å²) in [6.45, 7) is 5.16. The number of carbonyl (C=O) groups is 1. The van der Waals surface area contributed by atoms with Crippen LogP contribution in [0.15, 0.2) is 42.5 Å². The third kappa shape index (κ3) is 6.22. The fourth-order valence-electron chi connectivity index (χ4n) is 2.58. The Morgan fingerprint density at radius 1 is 1.00 bits per heavy atom. The lowest BCUT2D eigenvalue weighted by Gasteiger charge is -2.24. The van der Waals surface area contributed by atoms with Gasteiger partial charge in [-0.25, -0.2) is 0 Å². The number of hydrogen-bond donors (Lipinski definition) is 0. The van der Waals surface area contributed by atoms with Gasteiger partial charge in [0.2, 0.25) is 5.91 Å². The minimum Gasteiger partial charge on any atom is -0.338 e. The zero-order valence-corrected chi connectivity index (χ0v) is 16.7. The Kier molecular flexibility index (Phi) is 7.61. The molecule has 0 saturated heterocycles. The van der Waals surface area contributed by atoms with Gasteiger partial charge in [0.1, 0.15) is 0 Å². The quantitative estimate of drug-likeness (QED) is 0.538. The van der Waals surface area contributed by atoms with Crippen molar-refractivity contribution in [1.82, 2.24) is 4.90 Å². The molecule has 0 bridgehead atoms. The van der Waals surface area contributed by atoms with Gasteiger partial charge in [0.25, 0.3) is 0 Å². The van der Waals surface area contributed by atoms with E-state index in [-0.39, 0.29) is 5.91 Å². The van der Waals surface area contributed by atoms with E-state index in [9.17, 15) is 4.79 Å². The molecule has 2 rings (SSSR count). The Balaban J connectivity index is 2.13. The fraction of sp³-hybridized carbons (Fsp3) is 0.350. The van der Waals surface area contributed by atoms with Crippen LogP contribution in [0.2, 0.25) is 15.1 Å². The first kappa shape index (κ1) is 20.1. The lowest BCUT2D eigenvalue weighted by Crippen LogP contribution is -2.33. The van der Waals surface area contributed by atoms with Crippen molar-refractivity contribution < 1.29 is 4.79 Å². The van der Waals surface area contributed by atoms with Gasteiger partial charge in [-0.2, -0.15) is 0 Å². The van der Waals surface area contributed by atoms with Gasteiger partial charge in [0, 0.05) is 34.6 Å². The van der Waals surface area contributed by atoms with Crippen molar-refractivity contribution in [3.8, 4) is 0 Å². The van der Waals surface area contributed by atoms with Crippen molar-refractivity contribution in [2.75, 3.05) is 6.54 Å². The van der Waals surface area contributed by atoms with E-state index >= 15 is 0 Å². The highest BCUT2D eigenvalue weighted by atomic mass is 35.5. The molecule has 2 aromatic rings. The van der Waals surface area contributed by atoms with Crippen molar-refractivity contribution in [3.05, 3.63) is 68.7 Å². The largest absolute Gasteiger partial charge is 0.338 e. The second-order valence-corrected chi connectivity index (χ2v) is 7.74. The second kappa shape index (κ2) is 9.47. The molecule has 5 heteroatoms. The van der Waals surface area contributed by atoms with Gasteiger partial charge >= 0.3 is 0 Å². The molecule has 0 aromatic heterocycles. The highest BCUT2D eigenvalue weighted by Crippen LogP contribution is 2.23. The minimum atomic E-state index is 0.125. The number of halogens is 3. The Labute approximate surface area is 164 Å². The molecular formula is C20H22Cl3NO. The summed E-state index contributed by atoms with van der Waals surface area (Å²) < 4.78 is 0. The molecule has 0 spiro atoms. The van der Waals surface area contributed by atoms with E-state index in [1.165, 1.54) is 0 Å². The summed E-state index contributed by atoms with van der Waals surface area (Å²) in [5.41, 5.74) is 1.93. The van der Waals surface area contributed by atoms with Gasteiger partial charge in [0.05, 0.1) is 0 Å². The standard InChI is InChI=1S/C20H22Cl3NO/c1-14(2)11-20(25)24(13-16-5-3-4-6-18(16)22)10-9-15-7-8-17(21)12-19(15)23/h3-8,12,14H,9-11,13H2,1-2H3. The molecule has 0 fully saturated rings. The Hall–Kier alpha value is -1.22. The van der Waals surface area contributed by atoms with Gasteiger partial charge in [-0.1, -0.05) is 72.9 Å². The molecule has 0 heterocycles. The van der Waals surface area contributed by atoms with Crippen molar-refractivity contribution in [2.45, 2.75) is 33.2 Å². The summed E-state index contributed by atoms with van der Waals surface area (Å²) in [6, 6.07) is 13.1. The van der Waals surface area contributed by atoms with Crippen LogP contribution in [0.1, 0.15) is 31.4 Å². The predicted octanol–water partition coefficient (Wildman–Crippen LogP) is 6.26. The zero-order valence-electron chi connectivity index (χ0n) is 14.4. The number of hydrogen-bond acceptors (Lipinski definition) is 1. The van der Waals surface area contributed by atoms with E-state index in [2.05, 4.69) is 0 Å². The lowest BCUT2D eigenvalue weighted by molar-refractivity contribution is -0.132. The summed E-state index contributed by atoms with van der Waals surface area (Å²) in [4.78, 5) is 14.5. The van der Waals surface area contributed by atoms with E-state index < -0.39 is 0 Å². The number of benzene rings is 2. The summed E-state index contributed by atoms with van der Waals surface area (Å²) in [5.74, 6) is 0.431. The van der Waals surface area contributed by atoms with Gasteiger partial charge in [-0.05, 0) is 41.7 Å². The fourth-order valence-corrected chi connectivity index (χ4v) is 3.28. The average Bonchev–Trinajstić information content (AvgIpc) is 2.53. The van der Waals surface area contributed by atoms with Gasteiger partial charge in [-0.3, -0.25) is 4.79 Å². The van der Waals surface area contributed by atoms with E-state index in [1.54, 1.807) is 6.07 Å². The van der Waals surface area contributed by atoms with Crippen LogP contribution in [-0.4, -0.2) is 17.4 Å². The average molecular weight is 399 g/mol. The van der Waals surface area contributed by atoms with Crippen LogP contribution in [0.3, 0.4) is 0 Å². The first-order valence-electron chi connectivity index (χ1n) is 8.32. The monoisotopic (exact) mass is 397 g/mol. The summed E-state index contributed by atoms with van der Waals surface area (Å²) in [5, 5.41) is 1.91. The highest BCUT2D eigenvalue weighted by molar-refractivity contribution is 6.35. The molecule has 2 aromatic carbocycles. The molecule has 0 unspecified atom stereocenters. The van der Waals surface area contributed by atoms with E-state index in [0.717, 1.165) is 11.1 Å². The third-order valence-electron chi connectivity index (χ3n) is 3.92. The van der Waals surface area contributed by atoms with Crippen LogP contribution < -0.4 is 0 Å². The lowest BCUT2D eigenvalue weighted by atomic mass is 10.1. The van der Waals surface area contributed by atoms with E-state index in [0.29, 0.717) is 46.9 Å². The topological polar surface area (TPSA) is 20.3 Å². The molecule has 1 amide bonds. The molecule has 0 aliphatic heterocycles. The van der Waals surface area contributed by atoms with Crippen LogP contribution in [0.25, 0.3) is 0 Å². The van der Waals surface area contributed by atoms with Gasteiger partial charge in [-0.15, -0.1) is 0 Å². The molecule has 25 heavy (non-hydrogen) atoms. The Bertz CT molecular complexity index is 731. The molecule has 0 N–H and O–H groups in total. The number of rotatable bonds is 7. The highest BCUT2D eigenvalue weighted by Gasteiger charge is 2.17. The van der Waals surface area contributed by atoms with Gasteiger partial charge in [0.15, 0.2) is 0 Å². The first-order valence-corrected chi connectivity index (χ1v) is 9.45. The van der Waals surface area contributed by atoms with Crippen molar-refractivity contribution >= 4 is 40.7 Å². The van der Waals surface area contributed by atoms with E-state index in [1.807, 2.05) is 55.1 Å². The normalized spacial score (nSPS) is 11.0. The van der Waals surface area contributed by atoms with Crippen molar-refractivity contribution in [1.29, 1.82) is 0 Å². The van der Waals surface area contributed by atoms with Crippen LogP contribution in [-0.2, 0) is 17.8 Å². The Morgan fingerprint density at radius 3 is 2.36 bits per heavy atom. The Morgan fingerprint density at radius 2 is 1.72 bits per heavy atom. The molecule has 0 aliphatic rings. The predicted molar refractivity (Wildman–Crippen MR) is 106 cm³/mol. The number of nitrogens with zero attached hydrogens (tertiary/aromatic N) is 1. The molecule has 0 aliphatic carbocycles. The number of amides is 1. The molecule has 2 nitrogen and oxygen atoms in total. The zero-order chi connectivity index (χ0) is 18.4. The summed E-state index contributed by atoms with van der Waals surface area (Å²) >= 11 is 18.5. The van der Waals surface area contributed by atoms with Crippen molar-refractivity contribution in [3.63, 3.8) is 0 Å². The maximum atomic E-state index is 12.7. The molecule has 0 atom stereocenters. The molecule has 0 saturated carbocycles. The smallest absolute Gasteiger partial charge is 0.223 e. The van der Waals surface area contributed by atoms with Crippen LogP contribution in [0.5, 0.6) is 0 Å².